The van der Waals surface area contributed by atoms with Crippen LogP contribution >= 0.6 is 0 Å². The summed E-state index contributed by atoms with van der Waals surface area (Å²) in [7, 11) is -5.21. The van der Waals surface area contributed by atoms with Crippen LogP contribution in [0.2, 0.25) is 0 Å². The number of rotatable bonds is 6. The van der Waals surface area contributed by atoms with Crippen molar-refractivity contribution in [1.82, 2.24) is 0 Å². The molecule has 0 N–H and O–H groups in total. The lowest BCUT2D eigenvalue weighted by molar-refractivity contribution is -0.407. The second-order valence-electron chi connectivity index (χ2n) is 7.69. The zero-order chi connectivity index (χ0) is 27.3. The number of hydrogen-bond acceptors (Lipinski definition) is 9. The van der Waals surface area contributed by atoms with Gasteiger partial charge in [0.2, 0.25) is 4.90 Å². The normalized spacial score (nSPS) is 18.5. The Kier molecular flexibility index (Phi) is 8.37. The monoisotopic (exact) mass is 545 g/mol. The fourth-order valence-electron chi connectivity index (χ4n) is 3.76. The van der Waals surface area contributed by atoms with Crippen LogP contribution in [0.15, 0.2) is 89.8 Å². The first-order valence-electron chi connectivity index (χ1n) is 10.4. The van der Waals surface area contributed by atoms with Crippen LogP contribution < -0.4 is 0 Å². The first-order chi connectivity index (χ1) is 17.4. The number of hydrogen-bond donors (Lipinski definition) is 0. The maximum Gasteiger partial charge on any atom is 0.300 e. The van der Waals surface area contributed by atoms with E-state index in [1.54, 1.807) is 0 Å². The summed E-state index contributed by atoms with van der Waals surface area (Å²) in [5.41, 5.74) is -1.23. The minimum atomic E-state index is -5.55. The molecule has 12 nitrogen and oxygen atoms in total. The summed E-state index contributed by atoms with van der Waals surface area (Å²) in [6.45, 7) is 0. The number of nitro groups is 3. The average Bonchev–Trinajstić information content (AvgIpc) is 3.25. The smallest absolute Gasteiger partial charge is 0.300 e. The number of non-ortho nitro benzene ring substituents is 1. The molecule has 1 aliphatic rings. The second kappa shape index (κ2) is 11.3. The van der Waals surface area contributed by atoms with Crippen molar-refractivity contribution in [1.29, 1.82) is 0 Å². The molecular weight excluding hydrogens is 526 g/mol. The Morgan fingerprint density at radius 1 is 0.703 bits per heavy atom. The largest absolute Gasteiger partial charge is 0.744 e. The van der Waals surface area contributed by atoms with E-state index in [0.29, 0.717) is 21.4 Å². The molecule has 0 saturated carbocycles. The summed E-state index contributed by atoms with van der Waals surface area (Å²) in [4.78, 5) is 25.8. The van der Waals surface area contributed by atoms with Crippen molar-refractivity contribution in [2.24, 2.45) is 0 Å². The van der Waals surface area contributed by atoms with Gasteiger partial charge in [-0.05, 0) is 12.2 Å². The second-order valence-corrected chi connectivity index (χ2v) is 11.2. The third kappa shape index (κ3) is 6.35. The molecule has 192 valence electrons. The molecule has 1 heterocycles. The van der Waals surface area contributed by atoms with Crippen molar-refractivity contribution < 1.29 is 27.7 Å². The Bertz CT molecular complexity index is 1380. The topological polar surface area (TPSA) is 187 Å². The molecule has 3 aromatic carbocycles. The van der Waals surface area contributed by atoms with Gasteiger partial charge in [-0.2, -0.15) is 0 Å². The van der Waals surface area contributed by atoms with Gasteiger partial charge in [-0.15, -0.1) is 0 Å². The quantitative estimate of drug-likeness (QED) is 0.140. The van der Waals surface area contributed by atoms with E-state index in [1.165, 1.54) is 11.1 Å². The molecule has 0 spiro atoms. The maximum absolute atomic E-state index is 10.8. The fourth-order valence-corrected chi connectivity index (χ4v) is 6.71. The number of nitro benzene ring substituents is 3. The highest BCUT2D eigenvalue weighted by Gasteiger charge is 2.38. The van der Waals surface area contributed by atoms with Gasteiger partial charge in [0.25, 0.3) is 5.69 Å². The van der Waals surface area contributed by atoms with Crippen molar-refractivity contribution in [3.05, 3.63) is 126 Å². The highest BCUT2D eigenvalue weighted by molar-refractivity contribution is 7.97. The lowest BCUT2D eigenvalue weighted by Crippen LogP contribution is -2.12. The molecule has 2 atom stereocenters. The van der Waals surface area contributed by atoms with Crippen LogP contribution in [0, 0.1) is 30.3 Å². The van der Waals surface area contributed by atoms with E-state index in [-0.39, 0.29) is 12.1 Å². The number of benzene rings is 3. The van der Waals surface area contributed by atoms with Crippen LogP contribution in [0.25, 0.3) is 0 Å². The van der Waals surface area contributed by atoms with Gasteiger partial charge in [0.05, 0.1) is 33.2 Å². The van der Waals surface area contributed by atoms with Gasteiger partial charge in [-0.25, -0.2) is 8.42 Å². The van der Waals surface area contributed by atoms with Crippen LogP contribution in [0.3, 0.4) is 0 Å². The Hall–Kier alpha value is -4.14. The van der Waals surface area contributed by atoms with Crippen molar-refractivity contribution in [3.63, 3.8) is 0 Å². The van der Waals surface area contributed by atoms with E-state index in [1.807, 2.05) is 0 Å². The van der Waals surface area contributed by atoms with Crippen molar-refractivity contribution in [2.45, 2.75) is 15.4 Å². The molecule has 0 amide bonds. The Morgan fingerprint density at radius 2 is 1.08 bits per heavy atom. The first kappa shape index (κ1) is 27.4. The summed E-state index contributed by atoms with van der Waals surface area (Å²) in [6, 6.07) is 22.0. The van der Waals surface area contributed by atoms with Crippen LogP contribution in [0.5, 0.6) is 0 Å². The zero-order valence-corrected chi connectivity index (χ0v) is 20.7. The van der Waals surface area contributed by atoms with Crippen LogP contribution in [0.4, 0.5) is 17.1 Å². The SMILES string of the molecule is C[S+]1C(c2ccccc2)C=CC1c1ccccc1.O=[N+]([O-])c1cc([N+](=O)[O-])c(S(=O)(=O)[O-])c([N+](=O)[O-])c1. The highest BCUT2D eigenvalue weighted by atomic mass is 32.2. The Labute approximate surface area is 213 Å². The summed E-state index contributed by atoms with van der Waals surface area (Å²) in [5, 5.41) is 32.8. The molecule has 2 unspecified atom stereocenters. The Morgan fingerprint density at radius 3 is 1.38 bits per heavy atom. The molecule has 37 heavy (non-hydrogen) atoms. The molecule has 0 bridgehead atoms. The average molecular weight is 546 g/mol. The molecule has 4 rings (SSSR count). The summed E-state index contributed by atoms with van der Waals surface area (Å²) < 4.78 is 32.5. The van der Waals surface area contributed by atoms with E-state index in [4.69, 9.17) is 0 Å². The van der Waals surface area contributed by atoms with Gasteiger partial charge in [-0.3, -0.25) is 30.3 Å². The molecule has 0 aliphatic carbocycles. The van der Waals surface area contributed by atoms with Crippen molar-refractivity contribution in [3.8, 4) is 0 Å². The summed E-state index contributed by atoms with van der Waals surface area (Å²) in [5.74, 6) is 0. The van der Waals surface area contributed by atoms with Crippen molar-refractivity contribution >= 4 is 38.1 Å². The zero-order valence-electron chi connectivity index (χ0n) is 19.1. The number of nitrogens with zero attached hydrogens (tertiary/aromatic N) is 3. The molecule has 1 aliphatic heterocycles. The molecule has 0 saturated heterocycles. The summed E-state index contributed by atoms with van der Waals surface area (Å²) in [6.07, 6.45) is 7.15. The molecule has 0 aromatic heterocycles. The molecule has 14 heteroatoms. The van der Waals surface area contributed by atoms with Crippen LogP contribution in [-0.4, -0.2) is 34.0 Å². The van der Waals surface area contributed by atoms with E-state index < -0.39 is 46.8 Å². The van der Waals surface area contributed by atoms with E-state index >= 15 is 0 Å². The predicted molar refractivity (Wildman–Crippen MR) is 135 cm³/mol. The summed E-state index contributed by atoms with van der Waals surface area (Å²) >= 11 is 0. The van der Waals surface area contributed by atoms with E-state index in [2.05, 4.69) is 79.1 Å². The minimum Gasteiger partial charge on any atom is -0.744 e. The third-order valence-corrected chi connectivity index (χ3v) is 8.79. The van der Waals surface area contributed by atoms with Crippen molar-refractivity contribution in [2.75, 3.05) is 6.26 Å². The molecule has 0 radical (unpaired) electrons. The minimum absolute atomic E-state index is 0.164. The lowest BCUT2D eigenvalue weighted by Gasteiger charge is -2.13. The van der Waals surface area contributed by atoms with Crippen LogP contribution in [-0.2, 0) is 21.0 Å². The fraction of sp³-hybridized carbons (Fsp3) is 0.130. The highest BCUT2D eigenvalue weighted by Crippen LogP contribution is 2.42. The molecular formula is C23H19N3O9S2. The first-order valence-corrected chi connectivity index (χ1v) is 13.6. The van der Waals surface area contributed by atoms with Gasteiger partial charge < -0.3 is 4.55 Å². The van der Waals surface area contributed by atoms with Crippen LogP contribution in [0.1, 0.15) is 21.6 Å². The lowest BCUT2D eigenvalue weighted by atomic mass is 10.1. The standard InChI is InChI=1S/C17H17S.C6H3N3O9S/c1-18-16(14-8-4-2-5-9-14)12-13-17(18)15-10-6-3-7-11-15;10-7(11)3-1-4(8(12)13)6(19(16,17)18)5(2-3)9(14)15/h2-13,16-17H,1H3;1-2H,(H,16,17,18)/q+1;/p-1. The molecule has 3 aromatic rings. The van der Waals surface area contributed by atoms with Gasteiger partial charge in [-0.1, -0.05) is 60.7 Å². The molecule has 0 fully saturated rings. The Balaban J connectivity index is 0.000000206. The predicted octanol–water partition coefficient (Wildman–Crippen LogP) is 4.60. The van der Waals surface area contributed by atoms with E-state index in [9.17, 15) is 43.3 Å². The van der Waals surface area contributed by atoms with Gasteiger partial charge >= 0.3 is 11.4 Å². The van der Waals surface area contributed by atoms with Gasteiger partial charge in [0, 0.05) is 22.0 Å². The maximum atomic E-state index is 10.8. The van der Waals surface area contributed by atoms with Gasteiger partial charge in [0.1, 0.15) is 10.1 Å². The van der Waals surface area contributed by atoms with Gasteiger partial charge in [0.15, 0.2) is 10.5 Å². The third-order valence-electron chi connectivity index (χ3n) is 5.41. The van der Waals surface area contributed by atoms with E-state index in [0.717, 1.165) is 0 Å².